The molecule has 0 radical (unpaired) electrons. The van der Waals surface area contributed by atoms with Crippen LogP contribution < -0.4 is 10.5 Å². The molecule has 8 heteroatoms. The molecule has 0 saturated heterocycles. The average molecular weight is 238 g/mol. The molecule has 2 aromatic heterocycles. The molecule has 2 aromatic rings. The van der Waals surface area contributed by atoms with Gasteiger partial charge in [0.1, 0.15) is 12.2 Å². The smallest absolute Gasteiger partial charge is 0.214 e. The van der Waals surface area contributed by atoms with Gasteiger partial charge in [0.05, 0.1) is 7.11 Å². The molecule has 0 unspecified atom stereocenters. The summed E-state index contributed by atoms with van der Waals surface area (Å²) in [6.07, 6.45) is 1.37. The normalized spacial score (nSPS) is 10.4. The van der Waals surface area contributed by atoms with Crippen molar-refractivity contribution in [1.29, 1.82) is 0 Å². The lowest BCUT2D eigenvalue weighted by molar-refractivity contribution is 0.401. The Morgan fingerprint density at radius 2 is 2.25 bits per heavy atom. The highest BCUT2D eigenvalue weighted by Crippen LogP contribution is 2.33. The van der Waals surface area contributed by atoms with Gasteiger partial charge in [-0.15, -0.1) is 5.10 Å². The Morgan fingerprint density at radius 1 is 1.44 bits per heavy atom. The molecule has 0 aromatic carbocycles. The Hall–Kier alpha value is -1.83. The van der Waals surface area contributed by atoms with E-state index in [1.54, 1.807) is 0 Å². The minimum atomic E-state index is 0.298. The molecule has 16 heavy (non-hydrogen) atoms. The molecule has 0 aliphatic rings. The van der Waals surface area contributed by atoms with Gasteiger partial charge >= 0.3 is 0 Å². The number of ether oxygens (including phenoxy) is 1. The average Bonchev–Trinajstić information content (AvgIpc) is 2.64. The van der Waals surface area contributed by atoms with Crippen LogP contribution >= 0.6 is 11.8 Å². The van der Waals surface area contributed by atoms with E-state index in [2.05, 4.69) is 25.1 Å². The van der Waals surface area contributed by atoms with Gasteiger partial charge in [0, 0.05) is 0 Å². The van der Waals surface area contributed by atoms with Gasteiger partial charge in [0.25, 0.3) is 0 Å². The number of aryl methyl sites for hydroxylation is 1. The fourth-order valence-electron chi connectivity index (χ4n) is 1.09. The first kappa shape index (κ1) is 10.7. The first-order chi connectivity index (χ1) is 7.70. The van der Waals surface area contributed by atoms with E-state index in [0.29, 0.717) is 21.7 Å². The van der Waals surface area contributed by atoms with Crippen LogP contribution in [-0.4, -0.2) is 32.3 Å². The molecule has 2 heterocycles. The predicted octanol–water partition coefficient (Wildman–Crippen LogP) is 0.645. The standard InChI is InChI=1S/C8H10N6OS/c1-4-12-8(14-13-4)16-7-5(15-2)6(9)10-3-11-7/h3H,1-2H3,(H2,9,10,11)(H,12,13,14). The SMILES string of the molecule is COc1c(N)ncnc1Sc1n[nH]c(C)n1. The van der Waals surface area contributed by atoms with Crippen LogP contribution in [0, 0.1) is 6.92 Å². The molecule has 7 nitrogen and oxygen atoms in total. The van der Waals surface area contributed by atoms with Crippen molar-refractivity contribution in [2.24, 2.45) is 0 Å². The molecule has 0 fully saturated rings. The first-order valence-electron chi connectivity index (χ1n) is 4.42. The summed E-state index contributed by atoms with van der Waals surface area (Å²) in [7, 11) is 1.52. The first-order valence-corrected chi connectivity index (χ1v) is 5.23. The fourth-order valence-corrected chi connectivity index (χ4v) is 1.92. The quantitative estimate of drug-likeness (QED) is 0.756. The second kappa shape index (κ2) is 4.35. The minimum absolute atomic E-state index is 0.298. The third-order valence-electron chi connectivity index (χ3n) is 1.77. The number of nitrogen functional groups attached to an aromatic ring is 1. The lowest BCUT2D eigenvalue weighted by Crippen LogP contribution is -1.99. The summed E-state index contributed by atoms with van der Waals surface area (Å²) in [5, 5.41) is 7.89. The van der Waals surface area contributed by atoms with Gasteiger partial charge in [0.2, 0.25) is 5.16 Å². The van der Waals surface area contributed by atoms with Gasteiger partial charge in [-0.05, 0) is 18.7 Å². The van der Waals surface area contributed by atoms with Gasteiger partial charge in [-0.1, -0.05) is 0 Å². The van der Waals surface area contributed by atoms with E-state index in [0.717, 1.165) is 5.82 Å². The Balaban J connectivity index is 2.30. The second-order valence-electron chi connectivity index (χ2n) is 2.90. The van der Waals surface area contributed by atoms with E-state index in [1.165, 1.54) is 25.2 Å². The molecule has 0 bridgehead atoms. The number of H-pyrrole nitrogens is 1. The molecule has 0 saturated carbocycles. The Kier molecular flexibility index (Phi) is 2.91. The maximum Gasteiger partial charge on any atom is 0.214 e. The minimum Gasteiger partial charge on any atom is -0.490 e. The number of nitrogens with two attached hydrogens (primary N) is 1. The predicted molar refractivity (Wildman–Crippen MR) is 58.2 cm³/mol. The molecule has 0 aliphatic carbocycles. The van der Waals surface area contributed by atoms with Crippen LogP contribution in [0.1, 0.15) is 5.82 Å². The molecular weight excluding hydrogens is 228 g/mol. The van der Waals surface area contributed by atoms with E-state index in [9.17, 15) is 0 Å². The summed E-state index contributed by atoms with van der Waals surface area (Å²) in [5.74, 6) is 1.48. The van der Waals surface area contributed by atoms with Gasteiger partial charge in [0.15, 0.2) is 16.6 Å². The van der Waals surface area contributed by atoms with Crippen LogP contribution in [0.25, 0.3) is 0 Å². The van der Waals surface area contributed by atoms with Crippen molar-refractivity contribution in [2.45, 2.75) is 17.1 Å². The maximum atomic E-state index is 5.65. The topological polar surface area (TPSA) is 103 Å². The highest BCUT2D eigenvalue weighted by molar-refractivity contribution is 7.99. The van der Waals surface area contributed by atoms with E-state index in [-0.39, 0.29) is 0 Å². The Bertz CT molecular complexity index is 499. The van der Waals surface area contributed by atoms with Crippen molar-refractivity contribution in [1.82, 2.24) is 25.1 Å². The summed E-state index contributed by atoms with van der Waals surface area (Å²) < 4.78 is 5.12. The van der Waals surface area contributed by atoms with Crippen LogP contribution in [0.3, 0.4) is 0 Å². The van der Waals surface area contributed by atoms with E-state index in [4.69, 9.17) is 10.5 Å². The van der Waals surface area contributed by atoms with Crippen molar-refractivity contribution in [3.63, 3.8) is 0 Å². The number of aromatic nitrogens is 5. The molecular formula is C8H10N6OS. The molecule has 0 atom stereocenters. The van der Waals surface area contributed by atoms with Crippen molar-refractivity contribution < 1.29 is 4.74 Å². The molecule has 3 N–H and O–H groups in total. The number of methoxy groups -OCH3 is 1. The molecule has 2 rings (SSSR count). The Labute approximate surface area is 95.9 Å². The monoisotopic (exact) mass is 238 g/mol. The largest absolute Gasteiger partial charge is 0.490 e. The number of hydrogen-bond acceptors (Lipinski definition) is 7. The third-order valence-corrected chi connectivity index (χ3v) is 2.62. The summed E-state index contributed by atoms with van der Waals surface area (Å²) >= 11 is 1.26. The van der Waals surface area contributed by atoms with Gasteiger partial charge in [-0.25, -0.2) is 15.0 Å². The van der Waals surface area contributed by atoms with Crippen molar-refractivity contribution in [3.05, 3.63) is 12.2 Å². The van der Waals surface area contributed by atoms with Crippen LogP contribution in [-0.2, 0) is 0 Å². The summed E-state index contributed by atoms with van der Waals surface area (Å²) in [6, 6.07) is 0. The summed E-state index contributed by atoms with van der Waals surface area (Å²) in [4.78, 5) is 12.1. The van der Waals surface area contributed by atoms with E-state index >= 15 is 0 Å². The molecule has 84 valence electrons. The number of aromatic amines is 1. The van der Waals surface area contributed by atoms with Crippen LogP contribution in [0.4, 0.5) is 5.82 Å². The number of anilines is 1. The van der Waals surface area contributed by atoms with Gasteiger partial charge in [-0.2, -0.15) is 0 Å². The number of nitrogens with zero attached hydrogens (tertiary/aromatic N) is 4. The summed E-state index contributed by atoms with van der Waals surface area (Å²) in [5.41, 5.74) is 5.65. The molecule has 0 amide bonds. The molecule has 0 aliphatic heterocycles. The van der Waals surface area contributed by atoms with Crippen LogP contribution in [0.5, 0.6) is 5.75 Å². The van der Waals surface area contributed by atoms with Crippen molar-refractivity contribution in [2.75, 3.05) is 12.8 Å². The van der Waals surface area contributed by atoms with Crippen LogP contribution in [0.15, 0.2) is 16.5 Å². The zero-order valence-electron chi connectivity index (χ0n) is 8.76. The lowest BCUT2D eigenvalue weighted by atomic mass is 10.5. The van der Waals surface area contributed by atoms with Crippen molar-refractivity contribution >= 4 is 17.6 Å². The maximum absolute atomic E-state index is 5.65. The number of nitrogens with one attached hydrogen (secondary N) is 1. The highest BCUT2D eigenvalue weighted by Gasteiger charge is 2.13. The van der Waals surface area contributed by atoms with Crippen LogP contribution in [0.2, 0.25) is 0 Å². The number of hydrogen-bond donors (Lipinski definition) is 2. The zero-order chi connectivity index (χ0) is 11.5. The zero-order valence-corrected chi connectivity index (χ0v) is 9.58. The fraction of sp³-hybridized carbons (Fsp3) is 0.250. The van der Waals surface area contributed by atoms with Gasteiger partial charge in [-0.3, -0.25) is 5.10 Å². The van der Waals surface area contributed by atoms with E-state index < -0.39 is 0 Å². The lowest BCUT2D eigenvalue weighted by Gasteiger charge is -2.06. The van der Waals surface area contributed by atoms with Crippen molar-refractivity contribution in [3.8, 4) is 5.75 Å². The highest BCUT2D eigenvalue weighted by atomic mass is 32.2. The van der Waals surface area contributed by atoms with E-state index in [1.807, 2.05) is 6.92 Å². The molecule has 0 spiro atoms. The third kappa shape index (κ3) is 2.06. The second-order valence-corrected chi connectivity index (χ2v) is 3.86. The Morgan fingerprint density at radius 3 is 2.88 bits per heavy atom. The number of rotatable bonds is 3. The summed E-state index contributed by atoms with van der Waals surface area (Å²) in [6.45, 7) is 1.82. The van der Waals surface area contributed by atoms with Gasteiger partial charge < -0.3 is 10.5 Å².